The number of nitrogens with zero attached hydrogens (tertiary/aromatic N) is 4. The molecule has 0 radical (unpaired) electrons. The van der Waals surface area contributed by atoms with Crippen molar-refractivity contribution in [1.82, 2.24) is 20.4 Å². The van der Waals surface area contributed by atoms with E-state index in [0.29, 0.717) is 28.5 Å². The van der Waals surface area contributed by atoms with Crippen molar-refractivity contribution < 1.29 is 8.42 Å². The van der Waals surface area contributed by atoms with E-state index in [4.69, 9.17) is 5.26 Å². The number of sulfonamides is 1. The molecule has 0 aliphatic carbocycles. The summed E-state index contributed by atoms with van der Waals surface area (Å²) in [6.07, 6.45) is 0. The normalized spacial score (nSPS) is 11.0. The van der Waals surface area contributed by atoms with Crippen LogP contribution in [0, 0.1) is 25.2 Å². The quantitative estimate of drug-likeness (QED) is 0.627. The second-order valence-electron chi connectivity index (χ2n) is 5.49. The summed E-state index contributed by atoms with van der Waals surface area (Å²) in [5.41, 5.74) is 2.01. The number of aromatic nitrogens is 4. The Morgan fingerprint density at radius 2 is 1.85 bits per heavy atom. The van der Waals surface area contributed by atoms with Crippen LogP contribution >= 0.6 is 0 Å². The Morgan fingerprint density at radius 3 is 2.46 bits per heavy atom. The molecule has 0 spiro atoms. The van der Waals surface area contributed by atoms with Gasteiger partial charge >= 0.3 is 0 Å². The predicted molar refractivity (Wildman–Crippen MR) is 95.3 cm³/mol. The fourth-order valence-electron chi connectivity index (χ4n) is 2.39. The van der Waals surface area contributed by atoms with Crippen LogP contribution in [0.25, 0.3) is 0 Å². The molecule has 132 valence electrons. The monoisotopic (exact) mass is 369 g/mol. The molecule has 0 amide bonds. The predicted octanol–water partition coefficient (Wildman–Crippen LogP) is 2.23. The molecule has 9 nitrogen and oxygen atoms in total. The van der Waals surface area contributed by atoms with Crippen molar-refractivity contribution in [2.75, 3.05) is 10.0 Å². The van der Waals surface area contributed by atoms with Crippen molar-refractivity contribution in [1.29, 1.82) is 5.26 Å². The van der Waals surface area contributed by atoms with Crippen molar-refractivity contribution in [2.45, 2.75) is 18.7 Å². The standard InChI is InChI=1S/C16H15N7O2S/c1-10-16(11(2)20-19-10)26(24,25)23-15-7-6-14(21-22-15)18-13-5-3-4-12(8-13)9-17/h3-8H,1-2H3,(H,18,21)(H,19,20)(H,22,23). The number of anilines is 3. The topological polar surface area (TPSA) is 136 Å². The molecule has 3 rings (SSSR count). The molecule has 0 unspecified atom stereocenters. The van der Waals surface area contributed by atoms with E-state index < -0.39 is 10.0 Å². The molecule has 1 aromatic carbocycles. The van der Waals surface area contributed by atoms with Crippen LogP contribution in [0.1, 0.15) is 17.0 Å². The lowest BCUT2D eigenvalue weighted by Gasteiger charge is -2.08. The van der Waals surface area contributed by atoms with E-state index >= 15 is 0 Å². The van der Waals surface area contributed by atoms with Gasteiger partial charge in [0.2, 0.25) is 0 Å². The van der Waals surface area contributed by atoms with Crippen LogP contribution < -0.4 is 10.0 Å². The number of aryl methyl sites for hydroxylation is 2. The number of nitrogens with one attached hydrogen (secondary N) is 3. The van der Waals surface area contributed by atoms with Gasteiger partial charge in [0.05, 0.1) is 23.0 Å². The summed E-state index contributed by atoms with van der Waals surface area (Å²) in [7, 11) is -3.81. The fourth-order valence-corrected chi connectivity index (χ4v) is 3.76. The first-order chi connectivity index (χ1) is 12.4. The molecule has 10 heteroatoms. The molecule has 0 saturated carbocycles. The number of hydrogen-bond donors (Lipinski definition) is 3. The smallest absolute Gasteiger partial charge is 0.266 e. The third kappa shape index (κ3) is 3.62. The summed E-state index contributed by atoms with van der Waals surface area (Å²) in [6.45, 7) is 3.23. The largest absolute Gasteiger partial charge is 0.339 e. The van der Waals surface area contributed by atoms with Gasteiger partial charge in [0.15, 0.2) is 11.6 Å². The minimum atomic E-state index is -3.81. The second kappa shape index (κ2) is 6.81. The first-order valence-corrected chi connectivity index (χ1v) is 9.02. The molecular formula is C16H15N7O2S. The molecule has 0 aliphatic heterocycles. The van der Waals surface area contributed by atoms with Crippen LogP contribution in [0.4, 0.5) is 17.3 Å². The van der Waals surface area contributed by atoms with Gasteiger partial charge in [-0.15, -0.1) is 10.2 Å². The molecule has 3 N–H and O–H groups in total. The number of nitriles is 1. The zero-order valence-corrected chi connectivity index (χ0v) is 14.8. The molecule has 3 aromatic rings. The van der Waals surface area contributed by atoms with Crippen LogP contribution in [-0.4, -0.2) is 28.8 Å². The minimum Gasteiger partial charge on any atom is -0.339 e. The average molecular weight is 369 g/mol. The van der Waals surface area contributed by atoms with Gasteiger partial charge in [0, 0.05) is 5.69 Å². The van der Waals surface area contributed by atoms with Gasteiger partial charge in [-0.25, -0.2) is 8.42 Å². The van der Waals surface area contributed by atoms with Crippen molar-refractivity contribution in [3.63, 3.8) is 0 Å². The highest BCUT2D eigenvalue weighted by atomic mass is 32.2. The molecule has 0 fully saturated rings. The van der Waals surface area contributed by atoms with E-state index in [2.05, 4.69) is 30.4 Å². The Bertz CT molecular complexity index is 1060. The van der Waals surface area contributed by atoms with Gasteiger partial charge in [-0.1, -0.05) is 6.07 Å². The Balaban J connectivity index is 1.77. The Labute approximate surface area is 150 Å². The molecule has 0 saturated heterocycles. The lowest BCUT2D eigenvalue weighted by Crippen LogP contribution is -2.16. The Kier molecular flexibility index (Phi) is 4.55. The summed E-state index contributed by atoms with van der Waals surface area (Å²) in [5.74, 6) is 0.500. The molecule has 2 aromatic heterocycles. The third-order valence-electron chi connectivity index (χ3n) is 3.50. The van der Waals surface area contributed by atoms with Crippen molar-refractivity contribution in [3.8, 4) is 6.07 Å². The summed E-state index contributed by atoms with van der Waals surface area (Å²) in [5, 5.41) is 26.3. The summed E-state index contributed by atoms with van der Waals surface area (Å²) in [4.78, 5) is 0.0924. The van der Waals surface area contributed by atoms with Crippen LogP contribution in [0.15, 0.2) is 41.3 Å². The van der Waals surface area contributed by atoms with Crippen molar-refractivity contribution in [2.24, 2.45) is 0 Å². The number of rotatable bonds is 5. The first-order valence-electron chi connectivity index (χ1n) is 7.54. The van der Waals surface area contributed by atoms with Gasteiger partial charge in [0.1, 0.15) is 4.90 Å². The third-order valence-corrected chi connectivity index (χ3v) is 5.11. The van der Waals surface area contributed by atoms with Crippen LogP contribution in [0.5, 0.6) is 0 Å². The van der Waals surface area contributed by atoms with Crippen LogP contribution in [0.3, 0.4) is 0 Å². The molecule has 0 aliphatic rings. The second-order valence-corrected chi connectivity index (χ2v) is 7.11. The maximum Gasteiger partial charge on any atom is 0.266 e. The molecule has 2 heterocycles. The Morgan fingerprint density at radius 1 is 1.12 bits per heavy atom. The van der Waals surface area contributed by atoms with E-state index in [1.807, 2.05) is 6.07 Å². The number of hydrogen-bond acceptors (Lipinski definition) is 7. The number of H-pyrrole nitrogens is 1. The van der Waals surface area contributed by atoms with Crippen molar-refractivity contribution >= 4 is 27.3 Å². The number of benzene rings is 1. The number of aromatic amines is 1. The van der Waals surface area contributed by atoms with Crippen LogP contribution in [0.2, 0.25) is 0 Å². The highest BCUT2D eigenvalue weighted by molar-refractivity contribution is 7.92. The SMILES string of the molecule is Cc1n[nH]c(C)c1S(=O)(=O)Nc1ccc(Nc2cccc(C#N)c2)nn1. The van der Waals surface area contributed by atoms with E-state index in [0.717, 1.165) is 0 Å². The summed E-state index contributed by atoms with van der Waals surface area (Å²) in [6, 6.07) is 12.0. The molecule has 0 bridgehead atoms. The van der Waals surface area contributed by atoms with E-state index in [-0.39, 0.29) is 10.7 Å². The average Bonchev–Trinajstić information content (AvgIpc) is 2.96. The maximum absolute atomic E-state index is 12.5. The van der Waals surface area contributed by atoms with Gasteiger partial charge in [0.25, 0.3) is 10.0 Å². The summed E-state index contributed by atoms with van der Waals surface area (Å²) >= 11 is 0. The zero-order valence-electron chi connectivity index (χ0n) is 14.0. The summed E-state index contributed by atoms with van der Waals surface area (Å²) < 4.78 is 27.3. The molecule has 26 heavy (non-hydrogen) atoms. The van der Waals surface area contributed by atoms with E-state index in [1.54, 1.807) is 44.2 Å². The minimum absolute atomic E-state index is 0.0846. The molecule has 0 atom stereocenters. The highest BCUT2D eigenvalue weighted by Gasteiger charge is 2.22. The lowest BCUT2D eigenvalue weighted by molar-refractivity contribution is 0.600. The van der Waals surface area contributed by atoms with Gasteiger partial charge < -0.3 is 5.32 Å². The fraction of sp³-hybridized carbons (Fsp3) is 0.125. The van der Waals surface area contributed by atoms with Crippen molar-refractivity contribution in [3.05, 3.63) is 53.3 Å². The maximum atomic E-state index is 12.5. The first kappa shape index (κ1) is 17.4. The van der Waals surface area contributed by atoms with E-state index in [9.17, 15) is 8.42 Å². The van der Waals surface area contributed by atoms with E-state index in [1.165, 1.54) is 6.07 Å². The van der Waals surface area contributed by atoms with Gasteiger partial charge in [-0.05, 0) is 44.2 Å². The molecular weight excluding hydrogens is 354 g/mol. The van der Waals surface area contributed by atoms with Crippen LogP contribution in [-0.2, 0) is 10.0 Å². The lowest BCUT2D eigenvalue weighted by atomic mass is 10.2. The zero-order chi connectivity index (χ0) is 18.7. The van der Waals surface area contributed by atoms with Gasteiger partial charge in [-0.2, -0.15) is 10.4 Å². The highest BCUT2D eigenvalue weighted by Crippen LogP contribution is 2.21. The van der Waals surface area contributed by atoms with Gasteiger partial charge in [-0.3, -0.25) is 9.82 Å². The Hall–Kier alpha value is -3.45.